The van der Waals surface area contributed by atoms with E-state index in [-0.39, 0.29) is 5.69 Å². The van der Waals surface area contributed by atoms with Crippen molar-refractivity contribution in [1.29, 1.82) is 0 Å². The number of hydrogen-bond donors (Lipinski definition) is 0. The number of rotatable bonds is 2. The molecule has 2 heterocycles. The number of nitrogens with zero attached hydrogens (tertiary/aromatic N) is 3. The minimum Gasteiger partial charge on any atom is -0.490 e. The summed E-state index contributed by atoms with van der Waals surface area (Å²) in [4.78, 5) is 27.1. The lowest BCUT2D eigenvalue weighted by Gasteiger charge is -2.29. The van der Waals surface area contributed by atoms with Gasteiger partial charge in [-0.15, -0.1) is 0 Å². The molecule has 0 unspecified atom stereocenters. The molecule has 0 radical (unpaired) electrons. The van der Waals surface area contributed by atoms with E-state index in [1.54, 1.807) is 48.0 Å². The summed E-state index contributed by atoms with van der Waals surface area (Å²) < 4.78 is 7.15. The van der Waals surface area contributed by atoms with Crippen LogP contribution in [0.2, 0.25) is 5.02 Å². The first kappa shape index (κ1) is 17.3. The van der Waals surface area contributed by atoms with E-state index >= 15 is 0 Å². The minimum atomic E-state index is -0.446. The number of amides is 1. The van der Waals surface area contributed by atoms with Crippen molar-refractivity contribution < 1.29 is 9.53 Å². The molecular weight excluding hydrogens is 366 g/mol. The van der Waals surface area contributed by atoms with E-state index in [0.717, 1.165) is 0 Å². The smallest absolute Gasteiger partial charge is 0.283 e. The molecule has 7 heteroatoms. The quantitative estimate of drug-likeness (QED) is 0.683. The zero-order valence-corrected chi connectivity index (χ0v) is 15.3. The van der Waals surface area contributed by atoms with Crippen molar-refractivity contribution in [3.05, 3.63) is 81.2 Å². The molecule has 1 aromatic heterocycles. The standard InChI is InChI=1S/C20H16ClN3O3/c1-13-12-17(25)19(22-24(13)15-8-6-14(21)7-9-15)20(26)23-10-11-27-18-5-3-2-4-16(18)23/h2-9,12H,10-11H2,1H3. The van der Waals surface area contributed by atoms with Gasteiger partial charge in [0.1, 0.15) is 12.4 Å². The molecule has 1 amide bonds. The van der Waals surface area contributed by atoms with Crippen LogP contribution in [0.5, 0.6) is 5.75 Å². The maximum absolute atomic E-state index is 13.1. The second-order valence-electron chi connectivity index (χ2n) is 6.16. The zero-order valence-electron chi connectivity index (χ0n) is 14.6. The predicted molar refractivity (Wildman–Crippen MR) is 103 cm³/mol. The van der Waals surface area contributed by atoms with Crippen molar-refractivity contribution in [2.75, 3.05) is 18.1 Å². The van der Waals surface area contributed by atoms with Crippen LogP contribution >= 0.6 is 11.6 Å². The molecule has 2 aromatic carbocycles. The Morgan fingerprint density at radius 1 is 1.15 bits per heavy atom. The maximum atomic E-state index is 13.1. The molecule has 0 fully saturated rings. The number of ether oxygens (including phenoxy) is 1. The first-order valence-corrected chi connectivity index (χ1v) is 8.83. The SMILES string of the molecule is Cc1cc(=O)c(C(=O)N2CCOc3ccccc32)nn1-c1ccc(Cl)cc1. The Bertz CT molecular complexity index is 1080. The van der Waals surface area contributed by atoms with Gasteiger partial charge in [-0.05, 0) is 43.3 Å². The number of para-hydroxylation sites is 2. The van der Waals surface area contributed by atoms with Gasteiger partial charge in [-0.1, -0.05) is 23.7 Å². The molecule has 0 bridgehead atoms. The number of fused-ring (bicyclic) bond motifs is 1. The summed E-state index contributed by atoms with van der Waals surface area (Å²) in [5.74, 6) is 0.167. The first-order chi connectivity index (χ1) is 13.0. The van der Waals surface area contributed by atoms with Gasteiger partial charge in [0.25, 0.3) is 5.91 Å². The Balaban J connectivity index is 1.78. The van der Waals surface area contributed by atoms with Crippen molar-refractivity contribution in [3.63, 3.8) is 0 Å². The number of aromatic nitrogens is 2. The highest BCUT2D eigenvalue weighted by Gasteiger charge is 2.27. The molecule has 6 nitrogen and oxygen atoms in total. The number of hydrogen-bond acceptors (Lipinski definition) is 4. The van der Waals surface area contributed by atoms with Gasteiger partial charge in [0.15, 0.2) is 5.69 Å². The summed E-state index contributed by atoms with van der Waals surface area (Å²) in [6, 6.07) is 15.7. The van der Waals surface area contributed by atoms with Crippen LogP contribution in [0.25, 0.3) is 5.69 Å². The van der Waals surface area contributed by atoms with Crippen molar-refractivity contribution in [2.24, 2.45) is 0 Å². The summed E-state index contributed by atoms with van der Waals surface area (Å²) in [6.07, 6.45) is 0. The Morgan fingerprint density at radius 2 is 1.89 bits per heavy atom. The summed E-state index contributed by atoms with van der Waals surface area (Å²) in [6.45, 7) is 2.48. The largest absolute Gasteiger partial charge is 0.490 e. The average molecular weight is 382 g/mol. The number of carbonyl (C=O) groups is 1. The minimum absolute atomic E-state index is 0.132. The van der Waals surface area contributed by atoms with Gasteiger partial charge in [-0.2, -0.15) is 5.10 Å². The molecule has 1 aliphatic rings. The Morgan fingerprint density at radius 3 is 2.67 bits per heavy atom. The van der Waals surface area contributed by atoms with Gasteiger partial charge in [0.05, 0.1) is 17.9 Å². The molecule has 0 saturated heterocycles. The molecule has 0 N–H and O–H groups in total. The number of benzene rings is 2. The average Bonchev–Trinajstić information content (AvgIpc) is 2.68. The lowest BCUT2D eigenvalue weighted by molar-refractivity contribution is 0.0969. The van der Waals surface area contributed by atoms with Gasteiger partial charge in [0, 0.05) is 16.8 Å². The van der Waals surface area contributed by atoms with Crippen molar-refractivity contribution in [3.8, 4) is 11.4 Å². The van der Waals surface area contributed by atoms with Crippen LogP contribution in [-0.4, -0.2) is 28.8 Å². The van der Waals surface area contributed by atoms with Gasteiger partial charge < -0.3 is 4.74 Å². The number of anilines is 1. The third-order valence-electron chi connectivity index (χ3n) is 4.35. The highest BCUT2D eigenvalue weighted by Crippen LogP contribution is 2.31. The highest BCUT2D eigenvalue weighted by atomic mass is 35.5. The van der Waals surface area contributed by atoms with E-state index in [0.29, 0.717) is 41.0 Å². The molecule has 3 aromatic rings. The summed E-state index contributed by atoms with van der Waals surface area (Å²) in [7, 11) is 0. The van der Waals surface area contributed by atoms with E-state index < -0.39 is 11.3 Å². The zero-order chi connectivity index (χ0) is 19.0. The first-order valence-electron chi connectivity index (χ1n) is 8.45. The van der Waals surface area contributed by atoms with Crippen molar-refractivity contribution >= 4 is 23.2 Å². The monoisotopic (exact) mass is 381 g/mol. The van der Waals surface area contributed by atoms with Crippen molar-refractivity contribution in [1.82, 2.24) is 9.78 Å². The van der Waals surface area contributed by atoms with E-state index in [9.17, 15) is 9.59 Å². The van der Waals surface area contributed by atoms with Gasteiger partial charge in [-0.25, -0.2) is 4.68 Å². The number of halogens is 1. The molecule has 0 saturated carbocycles. The lowest BCUT2D eigenvalue weighted by Crippen LogP contribution is -2.41. The van der Waals surface area contributed by atoms with Crippen LogP contribution < -0.4 is 15.1 Å². The molecule has 1 aliphatic heterocycles. The molecule has 0 spiro atoms. The van der Waals surface area contributed by atoms with Crippen LogP contribution in [0.15, 0.2) is 59.4 Å². The Labute approximate surface area is 160 Å². The summed E-state index contributed by atoms with van der Waals surface area (Å²) >= 11 is 5.94. The maximum Gasteiger partial charge on any atom is 0.283 e. The fourth-order valence-corrected chi connectivity index (χ4v) is 3.17. The Kier molecular flexibility index (Phi) is 4.41. The molecule has 4 rings (SSSR count). The number of carbonyl (C=O) groups excluding carboxylic acids is 1. The molecule has 0 aliphatic carbocycles. The van der Waals surface area contributed by atoms with E-state index in [4.69, 9.17) is 16.3 Å². The van der Waals surface area contributed by atoms with Crippen LogP contribution in [0.3, 0.4) is 0 Å². The van der Waals surface area contributed by atoms with Crippen LogP contribution in [0, 0.1) is 6.92 Å². The van der Waals surface area contributed by atoms with Gasteiger partial charge in [-0.3, -0.25) is 14.5 Å². The third-order valence-corrected chi connectivity index (χ3v) is 4.61. The Hall–Kier alpha value is -3.12. The fourth-order valence-electron chi connectivity index (χ4n) is 3.05. The topological polar surface area (TPSA) is 64.4 Å². The summed E-state index contributed by atoms with van der Waals surface area (Å²) in [5, 5.41) is 4.94. The van der Waals surface area contributed by atoms with Crippen LogP contribution in [-0.2, 0) is 0 Å². The third kappa shape index (κ3) is 3.19. The normalized spacial score (nSPS) is 13.0. The second kappa shape index (κ2) is 6.89. The van der Waals surface area contributed by atoms with Crippen LogP contribution in [0.4, 0.5) is 5.69 Å². The molecule has 136 valence electrons. The summed E-state index contributed by atoms with van der Waals surface area (Å²) in [5.41, 5.74) is 1.43. The number of aryl methyl sites for hydroxylation is 1. The van der Waals surface area contributed by atoms with Crippen LogP contribution in [0.1, 0.15) is 16.2 Å². The van der Waals surface area contributed by atoms with Gasteiger partial charge >= 0.3 is 0 Å². The molecular formula is C20H16ClN3O3. The van der Waals surface area contributed by atoms with E-state index in [1.807, 2.05) is 12.1 Å². The van der Waals surface area contributed by atoms with E-state index in [2.05, 4.69) is 5.10 Å². The lowest BCUT2D eigenvalue weighted by atomic mass is 10.2. The second-order valence-corrected chi connectivity index (χ2v) is 6.60. The van der Waals surface area contributed by atoms with E-state index in [1.165, 1.54) is 11.0 Å². The fraction of sp³-hybridized carbons (Fsp3) is 0.150. The highest BCUT2D eigenvalue weighted by molar-refractivity contribution is 6.30. The predicted octanol–water partition coefficient (Wildman–Crippen LogP) is 3.23. The molecule has 0 atom stereocenters. The molecule has 27 heavy (non-hydrogen) atoms. The van der Waals surface area contributed by atoms with Crippen molar-refractivity contribution in [2.45, 2.75) is 6.92 Å². The van der Waals surface area contributed by atoms with Gasteiger partial charge in [0.2, 0.25) is 5.43 Å².